The molecule has 5 nitrogen and oxygen atoms in total. The Morgan fingerprint density at radius 1 is 1.08 bits per heavy atom. The molecule has 0 spiro atoms. The molecule has 0 saturated heterocycles. The summed E-state index contributed by atoms with van der Waals surface area (Å²) in [7, 11) is -3.55. The van der Waals surface area contributed by atoms with Crippen LogP contribution >= 0.6 is 0 Å². The molecule has 0 fully saturated rings. The molecule has 2 rings (SSSR count). The number of hydrogen-bond acceptors (Lipinski definition) is 3. The first-order chi connectivity index (χ1) is 11.0. The van der Waals surface area contributed by atoms with Gasteiger partial charge in [0.25, 0.3) is 0 Å². The van der Waals surface area contributed by atoms with Crippen molar-refractivity contribution in [1.82, 2.24) is 14.5 Å². The molecule has 6 heteroatoms. The third-order valence-corrected chi connectivity index (χ3v) is 6.27. The van der Waals surface area contributed by atoms with Crippen LogP contribution in [0.3, 0.4) is 0 Å². The van der Waals surface area contributed by atoms with E-state index in [2.05, 4.69) is 9.82 Å². The minimum atomic E-state index is -3.55. The third-order valence-electron chi connectivity index (χ3n) is 4.55. The molecule has 1 aromatic carbocycles. The summed E-state index contributed by atoms with van der Waals surface area (Å²) in [4.78, 5) is 0.379. The van der Waals surface area contributed by atoms with Crippen LogP contribution in [0.2, 0.25) is 0 Å². The highest BCUT2D eigenvalue weighted by Gasteiger charge is 2.21. The molecule has 0 radical (unpaired) electrons. The topological polar surface area (TPSA) is 64.0 Å². The van der Waals surface area contributed by atoms with Gasteiger partial charge in [0, 0.05) is 12.2 Å². The average Bonchev–Trinajstić information content (AvgIpc) is 2.71. The van der Waals surface area contributed by atoms with Crippen LogP contribution in [0, 0.1) is 41.5 Å². The van der Waals surface area contributed by atoms with E-state index in [1.807, 2.05) is 65.3 Å². The van der Waals surface area contributed by atoms with Crippen molar-refractivity contribution in [3.05, 3.63) is 45.8 Å². The number of hydrogen-bond donors (Lipinski definition) is 1. The zero-order valence-corrected chi connectivity index (χ0v) is 16.4. The molecule has 0 unspecified atom stereocenters. The quantitative estimate of drug-likeness (QED) is 0.901. The zero-order chi connectivity index (χ0) is 18.2. The van der Waals surface area contributed by atoms with Crippen LogP contribution < -0.4 is 4.72 Å². The molecule has 0 amide bonds. The van der Waals surface area contributed by atoms with Crippen LogP contribution in [0.1, 0.15) is 46.6 Å². The zero-order valence-electron chi connectivity index (χ0n) is 15.6. The highest BCUT2D eigenvalue weighted by molar-refractivity contribution is 7.89. The summed E-state index contributed by atoms with van der Waals surface area (Å²) < 4.78 is 30.1. The molecule has 1 N–H and O–H groups in total. The first-order valence-electron chi connectivity index (χ1n) is 8.14. The fourth-order valence-corrected chi connectivity index (χ4v) is 4.72. The van der Waals surface area contributed by atoms with Gasteiger partial charge in [0.15, 0.2) is 0 Å². The van der Waals surface area contributed by atoms with Crippen LogP contribution in [0.15, 0.2) is 17.0 Å². The molecule has 0 bridgehead atoms. The van der Waals surface area contributed by atoms with Gasteiger partial charge in [0.05, 0.1) is 16.6 Å². The Morgan fingerprint density at radius 3 is 2.08 bits per heavy atom. The number of nitrogens with one attached hydrogen (secondary N) is 1. The number of aromatic nitrogens is 2. The fraction of sp³-hybridized carbons (Fsp3) is 0.500. The summed E-state index contributed by atoms with van der Waals surface area (Å²) in [6, 6.07) is 3.74. The van der Waals surface area contributed by atoms with E-state index in [4.69, 9.17) is 0 Å². The van der Waals surface area contributed by atoms with Gasteiger partial charge in [-0.25, -0.2) is 13.1 Å². The molecule has 0 saturated carbocycles. The van der Waals surface area contributed by atoms with E-state index in [0.29, 0.717) is 11.4 Å². The van der Waals surface area contributed by atoms with Gasteiger partial charge >= 0.3 is 0 Å². The second kappa shape index (κ2) is 6.69. The van der Waals surface area contributed by atoms with Gasteiger partial charge in [-0.15, -0.1) is 0 Å². The SMILES string of the molecule is Cc1cc(C)c(S(=O)(=O)NC[C@@H](C)n2nc(C)c(C)c2C)c(C)c1. The molecule has 0 aliphatic rings. The number of aryl methyl sites for hydroxylation is 4. The Morgan fingerprint density at radius 2 is 1.62 bits per heavy atom. The molecular formula is C18H27N3O2S. The molecule has 1 atom stereocenters. The second-order valence-electron chi connectivity index (χ2n) is 6.67. The Kier molecular flexibility index (Phi) is 5.20. The van der Waals surface area contributed by atoms with E-state index in [1.165, 1.54) is 0 Å². The van der Waals surface area contributed by atoms with E-state index < -0.39 is 10.0 Å². The Bertz CT molecular complexity index is 844. The van der Waals surface area contributed by atoms with Crippen LogP contribution in [0.5, 0.6) is 0 Å². The maximum atomic E-state index is 12.7. The predicted octanol–water partition coefficient (Wildman–Crippen LogP) is 3.27. The van der Waals surface area contributed by atoms with Crippen LogP contribution in [0.4, 0.5) is 0 Å². The molecule has 2 aromatic rings. The minimum Gasteiger partial charge on any atom is -0.265 e. The Hall–Kier alpha value is -1.66. The normalized spacial score (nSPS) is 13.3. The summed E-state index contributed by atoms with van der Waals surface area (Å²) in [5.74, 6) is 0. The van der Waals surface area contributed by atoms with Crippen LogP contribution in [-0.2, 0) is 10.0 Å². The van der Waals surface area contributed by atoms with E-state index in [0.717, 1.165) is 33.6 Å². The van der Waals surface area contributed by atoms with Crippen molar-refractivity contribution in [2.75, 3.05) is 6.54 Å². The molecule has 1 aromatic heterocycles. The number of sulfonamides is 1. The Labute approximate surface area is 145 Å². The van der Waals surface area contributed by atoms with Gasteiger partial charge in [-0.1, -0.05) is 17.7 Å². The second-order valence-corrected chi connectivity index (χ2v) is 8.37. The minimum absolute atomic E-state index is 0.0572. The van der Waals surface area contributed by atoms with Crippen molar-refractivity contribution in [1.29, 1.82) is 0 Å². The first-order valence-corrected chi connectivity index (χ1v) is 9.62. The van der Waals surface area contributed by atoms with Gasteiger partial charge in [-0.2, -0.15) is 5.10 Å². The lowest BCUT2D eigenvalue weighted by molar-refractivity contribution is 0.467. The predicted molar refractivity (Wildman–Crippen MR) is 97.0 cm³/mol. The van der Waals surface area contributed by atoms with Crippen molar-refractivity contribution in [2.24, 2.45) is 0 Å². The van der Waals surface area contributed by atoms with Crippen molar-refractivity contribution < 1.29 is 8.42 Å². The molecule has 24 heavy (non-hydrogen) atoms. The molecule has 1 heterocycles. The molecular weight excluding hydrogens is 322 g/mol. The number of nitrogens with zero attached hydrogens (tertiary/aromatic N) is 2. The standard InChI is InChI=1S/C18H27N3O2S/c1-11-8-12(2)18(13(3)9-11)24(22,23)19-10-14(4)21-17(7)15(5)16(6)20-21/h8-9,14,19H,10H2,1-7H3/t14-/m1/s1. The van der Waals surface area contributed by atoms with Gasteiger partial charge in [-0.05, 0) is 65.2 Å². The lowest BCUT2D eigenvalue weighted by Gasteiger charge is -2.17. The molecule has 0 aliphatic carbocycles. The fourth-order valence-electron chi connectivity index (χ4n) is 3.15. The largest absolute Gasteiger partial charge is 0.265 e. The van der Waals surface area contributed by atoms with Crippen LogP contribution in [0.25, 0.3) is 0 Å². The monoisotopic (exact) mass is 349 g/mol. The number of rotatable bonds is 5. The van der Waals surface area contributed by atoms with Gasteiger partial charge in [-0.3, -0.25) is 4.68 Å². The van der Waals surface area contributed by atoms with Crippen molar-refractivity contribution in [2.45, 2.75) is 59.4 Å². The third kappa shape index (κ3) is 3.54. The average molecular weight is 350 g/mol. The van der Waals surface area contributed by atoms with E-state index in [-0.39, 0.29) is 6.04 Å². The van der Waals surface area contributed by atoms with Gasteiger partial charge in [0.1, 0.15) is 0 Å². The van der Waals surface area contributed by atoms with Crippen molar-refractivity contribution in [3.8, 4) is 0 Å². The Balaban J connectivity index is 2.23. The van der Waals surface area contributed by atoms with Gasteiger partial charge in [0.2, 0.25) is 10.0 Å². The summed E-state index contributed by atoms with van der Waals surface area (Å²) in [5.41, 5.74) is 5.81. The summed E-state index contributed by atoms with van der Waals surface area (Å²) in [6.07, 6.45) is 0. The van der Waals surface area contributed by atoms with Gasteiger partial charge < -0.3 is 0 Å². The van der Waals surface area contributed by atoms with E-state index >= 15 is 0 Å². The highest BCUT2D eigenvalue weighted by atomic mass is 32.2. The summed E-state index contributed by atoms with van der Waals surface area (Å²) in [5, 5.41) is 4.51. The first kappa shape index (κ1) is 18.7. The molecule has 0 aliphatic heterocycles. The maximum Gasteiger partial charge on any atom is 0.241 e. The van der Waals surface area contributed by atoms with Crippen molar-refractivity contribution >= 4 is 10.0 Å². The number of benzene rings is 1. The lowest BCUT2D eigenvalue weighted by Crippen LogP contribution is -2.31. The van der Waals surface area contributed by atoms with Crippen LogP contribution in [-0.4, -0.2) is 24.7 Å². The summed E-state index contributed by atoms with van der Waals surface area (Å²) >= 11 is 0. The summed E-state index contributed by atoms with van der Waals surface area (Å²) in [6.45, 7) is 13.9. The highest BCUT2D eigenvalue weighted by Crippen LogP contribution is 2.22. The van der Waals surface area contributed by atoms with E-state index in [9.17, 15) is 8.42 Å². The maximum absolute atomic E-state index is 12.7. The lowest BCUT2D eigenvalue weighted by atomic mass is 10.1. The molecule has 132 valence electrons. The smallest absolute Gasteiger partial charge is 0.241 e. The van der Waals surface area contributed by atoms with E-state index in [1.54, 1.807) is 0 Å². The van der Waals surface area contributed by atoms with Crippen molar-refractivity contribution in [3.63, 3.8) is 0 Å².